The average molecular weight is 403 g/mol. The molecule has 5 nitrogen and oxygen atoms in total. The van der Waals surface area contributed by atoms with Crippen molar-refractivity contribution in [3.05, 3.63) is 95.6 Å². The second kappa shape index (κ2) is 10.3. The first-order valence-electron chi connectivity index (χ1n) is 9.87. The molecule has 0 fully saturated rings. The summed E-state index contributed by atoms with van der Waals surface area (Å²) >= 11 is 0. The van der Waals surface area contributed by atoms with E-state index in [-0.39, 0.29) is 24.2 Å². The van der Waals surface area contributed by atoms with E-state index in [1.54, 1.807) is 26.2 Å². The third-order valence-corrected chi connectivity index (χ3v) is 4.74. The van der Waals surface area contributed by atoms with E-state index in [0.29, 0.717) is 23.5 Å². The minimum Gasteiger partial charge on any atom is -0.496 e. The highest BCUT2D eigenvalue weighted by Gasteiger charge is 2.20. The van der Waals surface area contributed by atoms with Crippen LogP contribution in [-0.2, 0) is 4.74 Å². The predicted octanol–water partition coefficient (Wildman–Crippen LogP) is 5.30. The molecule has 0 amide bonds. The molecule has 3 aromatic rings. The van der Waals surface area contributed by atoms with Gasteiger partial charge in [-0.3, -0.25) is 4.79 Å². The number of hydrogen-bond acceptors (Lipinski definition) is 5. The van der Waals surface area contributed by atoms with Crippen molar-refractivity contribution in [2.75, 3.05) is 19.0 Å². The van der Waals surface area contributed by atoms with Crippen LogP contribution in [0, 0.1) is 0 Å². The summed E-state index contributed by atoms with van der Waals surface area (Å²) in [4.78, 5) is 24.8. The van der Waals surface area contributed by atoms with Gasteiger partial charge in [0.15, 0.2) is 5.78 Å². The van der Waals surface area contributed by atoms with Gasteiger partial charge < -0.3 is 14.8 Å². The molecule has 0 bridgehead atoms. The predicted molar refractivity (Wildman–Crippen MR) is 117 cm³/mol. The summed E-state index contributed by atoms with van der Waals surface area (Å²) < 4.78 is 10.5. The van der Waals surface area contributed by atoms with Crippen LogP contribution >= 0.6 is 0 Å². The largest absolute Gasteiger partial charge is 0.496 e. The summed E-state index contributed by atoms with van der Waals surface area (Å²) in [5, 5.41) is 3.42. The number of para-hydroxylation sites is 1. The summed E-state index contributed by atoms with van der Waals surface area (Å²) in [5.41, 5.74) is 2.83. The fourth-order valence-electron chi connectivity index (χ4n) is 3.24. The van der Waals surface area contributed by atoms with Crippen LogP contribution in [-0.4, -0.2) is 25.5 Å². The number of Topliss-reactive ketones (excluding diaryl/α,β-unsaturated/α-hetero) is 1. The standard InChI is InChI=1S/C25H25NO4/c1-3-30-25(28)19-13-15-20(16-14-19)26-22(21-11-7-8-12-24(21)29-2)17-23(27)18-9-5-4-6-10-18/h4-16,22,26H,3,17H2,1-2H3/t22-/m0/s1. The molecular weight excluding hydrogens is 378 g/mol. The fourth-order valence-corrected chi connectivity index (χ4v) is 3.24. The first-order valence-corrected chi connectivity index (χ1v) is 9.87. The Kier molecular flexibility index (Phi) is 7.22. The summed E-state index contributed by atoms with van der Waals surface area (Å²) in [5.74, 6) is 0.380. The number of carbonyl (C=O) groups is 2. The molecule has 1 N–H and O–H groups in total. The zero-order chi connectivity index (χ0) is 21.3. The molecule has 0 aliphatic rings. The molecule has 0 radical (unpaired) electrons. The molecule has 3 rings (SSSR count). The van der Waals surface area contributed by atoms with Crippen molar-refractivity contribution in [3.63, 3.8) is 0 Å². The van der Waals surface area contributed by atoms with Gasteiger partial charge in [0.1, 0.15) is 5.75 Å². The lowest BCUT2D eigenvalue weighted by Crippen LogP contribution is -2.17. The molecule has 0 aliphatic heterocycles. The van der Waals surface area contributed by atoms with E-state index in [4.69, 9.17) is 9.47 Å². The molecule has 0 spiro atoms. The zero-order valence-electron chi connectivity index (χ0n) is 17.1. The number of hydrogen-bond donors (Lipinski definition) is 1. The Balaban J connectivity index is 1.86. The number of ketones is 1. The van der Waals surface area contributed by atoms with Crippen molar-refractivity contribution in [3.8, 4) is 5.75 Å². The van der Waals surface area contributed by atoms with Crippen LogP contribution in [0.4, 0.5) is 5.69 Å². The van der Waals surface area contributed by atoms with Crippen LogP contribution in [0.25, 0.3) is 0 Å². The van der Waals surface area contributed by atoms with Gasteiger partial charge in [-0.2, -0.15) is 0 Å². The monoisotopic (exact) mass is 403 g/mol. The van der Waals surface area contributed by atoms with E-state index in [0.717, 1.165) is 11.3 Å². The number of ether oxygens (including phenoxy) is 2. The van der Waals surface area contributed by atoms with E-state index in [1.165, 1.54) is 0 Å². The minimum absolute atomic E-state index is 0.0298. The first kappa shape index (κ1) is 21.1. The number of rotatable bonds is 9. The number of benzene rings is 3. The van der Waals surface area contributed by atoms with Gasteiger partial charge in [0.05, 0.1) is 25.3 Å². The molecule has 154 valence electrons. The first-order chi connectivity index (χ1) is 14.6. The van der Waals surface area contributed by atoms with Crippen LogP contribution in [0.3, 0.4) is 0 Å². The van der Waals surface area contributed by atoms with Gasteiger partial charge in [0, 0.05) is 23.2 Å². The van der Waals surface area contributed by atoms with Crippen LogP contribution in [0.5, 0.6) is 5.75 Å². The maximum atomic E-state index is 12.9. The fraction of sp³-hybridized carbons (Fsp3) is 0.200. The molecule has 0 unspecified atom stereocenters. The molecular formula is C25H25NO4. The Bertz CT molecular complexity index is 984. The molecule has 1 atom stereocenters. The zero-order valence-corrected chi connectivity index (χ0v) is 17.1. The van der Waals surface area contributed by atoms with Crippen molar-refractivity contribution in [2.24, 2.45) is 0 Å². The molecule has 30 heavy (non-hydrogen) atoms. The number of esters is 1. The summed E-state index contributed by atoms with van der Waals surface area (Å²) in [6.07, 6.45) is 0.254. The van der Waals surface area contributed by atoms with E-state index < -0.39 is 0 Å². The lowest BCUT2D eigenvalue weighted by molar-refractivity contribution is 0.0526. The molecule has 5 heteroatoms. The van der Waals surface area contributed by atoms with Gasteiger partial charge in [-0.15, -0.1) is 0 Å². The van der Waals surface area contributed by atoms with Crippen LogP contribution in [0.2, 0.25) is 0 Å². The molecule has 0 aromatic heterocycles. The summed E-state index contributed by atoms with van der Waals surface area (Å²) in [6.45, 7) is 2.10. The van der Waals surface area contributed by atoms with E-state index >= 15 is 0 Å². The second-order valence-corrected chi connectivity index (χ2v) is 6.73. The highest BCUT2D eigenvalue weighted by molar-refractivity contribution is 5.96. The number of methoxy groups -OCH3 is 1. The average Bonchev–Trinajstić information content (AvgIpc) is 2.79. The third-order valence-electron chi connectivity index (χ3n) is 4.74. The maximum Gasteiger partial charge on any atom is 0.338 e. The van der Waals surface area contributed by atoms with Gasteiger partial charge in [-0.05, 0) is 37.3 Å². The molecule has 0 saturated carbocycles. The summed E-state index contributed by atoms with van der Waals surface area (Å²) in [7, 11) is 1.61. The van der Waals surface area contributed by atoms with Gasteiger partial charge in [0.25, 0.3) is 0 Å². The van der Waals surface area contributed by atoms with Crippen molar-refractivity contribution >= 4 is 17.4 Å². The Morgan fingerprint density at radius 2 is 1.53 bits per heavy atom. The molecule has 3 aromatic carbocycles. The van der Waals surface area contributed by atoms with Crippen LogP contribution in [0.1, 0.15) is 45.7 Å². The quantitative estimate of drug-likeness (QED) is 0.388. The highest BCUT2D eigenvalue weighted by Crippen LogP contribution is 2.31. The van der Waals surface area contributed by atoms with Crippen molar-refractivity contribution in [1.29, 1.82) is 0 Å². The van der Waals surface area contributed by atoms with Crippen LogP contribution < -0.4 is 10.1 Å². The van der Waals surface area contributed by atoms with Gasteiger partial charge in [-0.1, -0.05) is 48.5 Å². The van der Waals surface area contributed by atoms with Crippen molar-refractivity contribution in [1.82, 2.24) is 0 Å². The maximum absolute atomic E-state index is 12.9. The molecule has 0 aliphatic carbocycles. The van der Waals surface area contributed by atoms with Gasteiger partial charge in [-0.25, -0.2) is 4.79 Å². The molecule has 0 saturated heterocycles. The number of anilines is 1. The highest BCUT2D eigenvalue weighted by atomic mass is 16.5. The van der Waals surface area contributed by atoms with Gasteiger partial charge in [0.2, 0.25) is 0 Å². The Labute approximate surface area is 176 Å². The lowest BCUT2D eigenvalue weighted by atomic mass is 9.96. The number of carbonyl (C=O) groups excluding carboxylic acids is 2. The van der Waals surface area contributed by atoms with Crippen molar-refractivity contribution in [2.45, 2.75) is 19.4 Å². The lowest BCUT2D eigenvalue weighted by Gasteiger charge is -2.22. The van der Waals surface area contributed by atoms with E-state index in [2.05, 4.69) is 5.32 Å². The second-order valence-electron chi connectivity index (χ2n) is 6.73. The van der Waals surface area contributed by atoms with Gasteiger partial charge >= 0.3 is 5.97 Å². The van der Waals surface area contributed by atoms with E-state index in [1.807, 2.05) is 66.7 Å². The minimum atomic E-state index is -0.357. The normalized spacial score (nSPS) is 11.4. The van der Waals surface area contributed by atoms with E-state index in [9.17, 15) is 9.59 Å². The van der Waals surface area contributed by atoms with Crippen molar-refractivity contribution < 1.29 is 19.1 Å². The Hall–Kier alpha value is -3.60. The molecule has 0 heterocycles. The van der Waals surface area contributed by atoms with Crippen LogP contribution in [0.15, 0.2) is 78.9 Å². The SMILES string of the molecule is CCOC(=O)c1ccc(N[C@@H](CC(=O)c2ccccc2)c2ccccc2OC)cc1. The Morgan fingerprint density at radius 1 is 0.867 bits per heavy atom. The third kappa shape index (κ3) is 5.26. The smallest absolute Gasteiger partial charge is 0.338 e. The topological polar surface area (TPSA) is 64.6 Å². The Morgan fingerprint density at radius 3 is 2.20 bits per heavy atom. The number of nitrogens with one attached hydrogen (secondary N) is 1. The summed E-state index contributed by atoms with van der Waals surface area (Å²) in [6, 6.07) is 23.6.